The fourth-order valence-electron chi connectivity index (χ4n) is 1.47. The summed E-state index contributed by atoms with van der Waals surface area (Å²) >= 11 is 0. The van der Waals surface area contributed by atoms with Gasteiger partial charge in [-0.05, 0) is 36.6 Å². The van der Waals surface area contributed by atoms with Crippen LogP contribution >= 0.6 is 0 Å². The molecule has 0 radical (unpaired) electrons. The zero-order valence-corrected chi connectivity index (χ0v) is 9.77. The molecule has 1 rings (SSSR count). The molecule has 0 bridgehead atoms. The molecule has 1 N–H and O–H groups in total. The summed E-state index contributed by atoms with van der Waals surface area (Å²) in [5.74, 6) is 0.213. The lowest BCUT2D eigenvalue weighted by Crippen LogP contribution is -2.11. The molecule has 1 unspecified atom stereocenters. The van der Waals surface area contributed by atoms with E-state index in [1.807, 2.05) is 0 Å². The van der Waals surface area contributed by atoms with Gasteiger partial charge in [0.25, 0.3) is 0 Å². The second-order valence-electron chi connectivity index (χ2n) is 4.04. The van der Waals surface area contributed by atoms with Gasteiger partial charge in [-0.25, -0.2) is 4.79 Å². The summed E-state index contributed by atoms with van der Waals surface area (Å²) in [6.45, 7) is 4.62. The van der Waals surface area contributed by atoms with Crippen LogP contribution in [0.1, 0.15) is 37.0 Å². The number of carbonyl (C=O) groups excluding carboxylic acids is 1. The van der Waals surface area contributed by atoms with E-state index >= 15 is 0 Å². The largest absolute Gasteiger partial charge is 0.508 e. The van der Waals surface area contributed by atoms with Crippen molar-refractivity contribution in [3.8, 4) is 5.75 Å². The van der Waals surface area contributed by atoms with Crippen LogP contribution in [0, 0.1) is 5.92 Å². The van der Waals surface area contributed by atoms with Gasteiger partial charge in [0.2, 0.25) is 0 Å². The van der Waals surface area contributed by atoms with Gasteiger partial charge in [0.1, 0.15) is 5.75 Å². The lowest BCUT2D eigenvalue weighted by Gasteiger charge is -2.10. The Morgan fingerprint density at radius 2 is 2.00 bits per heavy atom. The quantitative estimate of drug-likeness (QED) is 0.779. The lowest BCUT2D eigenvalue weighted by molar-refractivity contribution is 0.0443. The first-order valence-electron chi connectivity index (χ1n) is 5.59. The summed E-state index contributed by atoms with van der Waals surface area (Å²) in [5.41, 5.74) is 0.474. The highest BCUT2D eigenvalue weighted by Gasteiger charge is 2.09. The number of phenols is 1. The predicted molar refractivity (Wildman–Crippen MR) is 62.5 cm³/mol. The minimum absolute atomic E-state index is 0.149. The molecule has 0 heterocycles. The first-order chi connectivity index (χ1) is 7.63. The highest BCUT2D eigenvalue weighted by molar-refractivity contribution is 5.89. The van der Waals surface area contributed by atoms with Crippen LogP contribution in [0.3, 0.4) is 0 Å². The Bertz CT molecular complexity index is 330. The van der Waals surface area contributed by atoms with Crippen molar-refractivity contribution in [3.63, 3.8) is 0 Å². The Balaban J connectivity index is 2.43. The molecule has 1 atom stereocenters. The van der Waals surface area contributed by atoms with Gasteiger partial charge in [-0.3, -0.25) is 0 Å². The molecular formula is C13H18O3. The van der Waals surface area contributed by atoms with Crippen molar-refractivity contribution in [3.05, 3.63) is 29.8 Å². The van der Waals surface area contributed by atoms with Crippen molar-refractivity contribution in [1.82, 2.24) is 0 Å². The van der Waals surface area contributed by atoms with Crippen LogP contribution in [0.5, 0.6) is 5.75 Å². The maximum atomic E-state index is 11.6. The standard InChI is InChI=1S/C13H18O3/c1-3-4-10(2)9-16-13(15)11-5-7-12(14)8-6-11/h5-8,10,14H,3-4,9H2,1-2H3. The van der Waals surface area contributed by atoms with Crippen LogP contribution < -0.4 is 0 Å². The van der Waals surface area contributed by atoms with Crippen molar-refractivity contribution in [2.45, 2.75) is 26.7 Å². The zero-order chi connectivity index (χ0) is 12.0. The van der Waals surface area contributed by atoms with Gasteiger partial charge in [-0.1, -0.05) is 20.3 Å². The molecule has 1 aromatic rings. The Labute approximate surface area is 96.1 Å². The van der Waals surface area contributed by atoms with Gasteiger partial charge in [-0.15, -0.1) is 0 Å². The molecule has 1 aromatic carbocycles. The predicted octanol–water partition coefficient (Wildman–Crippen LogP) is 2.99. The van der Waals surface area contributed by atoms with Crippen molar-refractivity contribution in [2.75, 3.05) is 6.61 Å². The third kappa shape index (κ3) is 3.93. The third-order valence-corrected chi connectivity index (χ3v) is 2.38. The van der Waals surface area contributed by atoms with Gasteiger partial charge < -0.3 is 9.84 Å². The Morgan fingerprint density at radius 3 is 2.56 bits per heavy atom. The number of phenolic OH excluding ortho intramolecular Hbond substituents is 1. The average molecular weight is 222 g/mol. The Hall–Kier alpha value is -1.51. The van der Waals surface area contributed by atoms with Gasteiger partial charge >= 0.3 is 5.97 Å². The summed E-state index contributed by atoms with van der Waals surface area (Å²) in [4.78, 5) is 11.6. The second-order valence-corrected chi connectivity index (χ2v) is 4.04. The molecule has 0 aliphatic carbocycles. The molecule has 0 aromatic heterocycles. The van der Waals surface area contributed by atoms with Crippen molar-refractivity contribution in [1.29, 1.82) is 0 Å². The first kappa shape index (κ1) is 12.6. The third-order valence-electron chi connectivity index (χ3n) is 2.38. The number of hydrogen-bond acceptors (Lipinski definition) is 3. The molecule has 0 spiro atoms. The highest BCUT2D eigenvalue weighted by Crippen LogP contribution is 2.12. The summed E-state index contributed by atoms with van der Waals surface area (Å²) in [6, 6.07) is 6.07. The molecule has 0 aliphatic rings. The van der Waals surface area contributed by atoms with Gasteiger partial charge in [0.15, 0.2) is 0 Å². The molecule has 0 aliphatic heterocycles. The van der Waals surface area contributed by atoms with E-state index in [2.05, 4.69) is 13.8 Å². The van der Waals surface area contributed by atoms with Crippen LogP contribution in [-0.2, 0) is 4.74 Å². The van der Waals surface area contributed by atoms with E-state index in [9.17, 15) is 4.79 Å². The van der Waals surface area contributed by atoms with E-state index in [0.717, 1.165) is 12.8 Å². The van der Waals surface area contributed by atoms with Gasteiger partial charge in [0.05, 0.1) is 12.2 Å². The van der Waals surface area contributed by atoms with Crippen molar-refractivity contribution in [2.24, 2.45) is 5.92 Å². The number of hydrogen-bond donors (Lipinski definition) is 1. The summed E-state index contributed by atoms with van der Waals surface area (Å²) < 4.78 is 5.16. The maximum Gasteiger partial charge on any atom is 0.338 e. The zero-order valence-electron chi connectivity index (χ0n) is 9.77. The molecule has 0 fully saturated rings. The van der Waals surface area contributed by atoms with Gasteiger partial charge in [-0.2, -0.15) is 0 Å². The summed E-state index contributed by atoms with van der Waals surface area (Å²) in [7, 11) is 0. The Kier molecular flexibility index (Phi) is 4.83. The molecule has 16 heavy (non-hydrogen) atoms. The van der Waals surface area contributed by atoms with Crippen LogP contribution in [0.2, 0.25) is 0 Å². The summed E-state index contributed by atoms with van der Waals surface area (Å²) in [6.07, 6.45) is 2.15. The van der Waals surface area contributed by atoms with Crippen LogP contribution in [0.25, 0.3) is 0 Å². The first-order valence-corrected chi connectivity index (χ1v) is 5.59. The number of carbonyl (C=O) groups is 1. The molecule has 0 saturated carbocycles. The average Bonchev–Trinajstić information content (AvgIpc) is 2.27. The number of esters is 1. The normalized spacial score (nSPS) is 12.1. The van der Waals surface area contributed by atoms with E-state index in [1.54, 1.807) is 12.1 Å². The smallest absolute Gasteiger partial charge is 0.338 e. The lowest BCUT2D eigenvalue weighted by atomic mass is 10.1. The fraction of sp³-hybridized carbons (Fsp3) is 0.462. The number of aromatic hydroxyl groups is 1. The number of rotatable bonds is 5. The number of ether oxygens (including phenoxy) is 1. The van der Waals surface area contributed by atoms with Crippen LogP contribution in [0.15, 0.2) is 24.3 Å². The van der Waals surface area contributed by atoms with E-state index in [4.69, 9.17) is 9.84 Å². The van der Waals surface area contributed by atoms with E-state index in [0.29, 0.717) is 18.1 Å². The molecule has 3 nitrogen and oxygen atoms in total. The molecule has 3 heteroatoms. The van der Waals surface area contributed by atoms with E-state index < -0.39 is 0 Å². The molecular weight excluding hydrogens is 204 g/mol. The fourth-order valence-corrected chi connectivity index (χ4v) is 1.47. The highest BCUT2D eigenvalue weighted by atomic mass is 16.5. The summed E-state index contributed by atoms with van der Waals surface area (Å²) in [5, 5.41) is 9.07. The van der Waals surface area contributed by atoms with Crippen LogP contribution in [0.4, 0.5) is 0 Å². The second kappa shape index (κ2) is 6.16. The van der Waals surface area contributed by atoms with E-state index in [1.165, 1.54) is 12.1 Å². The molecule has 88 valence electrons. The van der Waals surface area contributed by atoms with Crippen LogP contribution in [-0.4, -0.2) is 17.7 Å². The Morgan fingerprint density at radius 1 is 1.38 bits per heavy atom. The SMILES string of the molecule is CCCC(C)COC(=O)c1ccc(O)cc1. The maximum absolute atomic E-state index is 11.6. The minimum atomic E-state index is -0.331. The topological polar surface area (TPSA) is 46.5 Å². The molecule has 0 amide bonds. The van der Waals surface area contributed by atoms with Crippen molar-refractivity contribution < 1.29 is 14.6 Å². The van der Waals surface area contributed by atoms with Crippen molar-refractivity contribution >= 4 is 5.97 Å². The van der Waals surface area contributed by atoms with E-state index in [-0.39, 0.29) is 11.7 Å². The molecule has 0 saturated heterocycles. The monoisotopic (exact) mass is 222 g/mol. The minimum Gasteiger partial charge on any atom is -0.508 e. The number of benzene rings is 1. The van der Waals surface area contributed by atoms with Gasteiger partial charge in [0, 0.05) is 0 Å².